The smallest absolute Gasteiger partial charge is 0.200 e. The molecule has 0 aliphatic rings. The van der Waals surface area contributed by atoms with Crippen LogP contribution in [0, 0.1) is 0 Å². The van der Waals surface area contributed by atoms with Crippen LogP contribution in [0.1, 0.15) is 39.0 Å². The summed E-state index contributed by atoms with van der Waals surface area (Å²) in [6.07, 6.45) is -7.98. The minimum Gasteiger partial charge on any atom is -0.200 e. The van der Waals surface area contributed by atoms with Gasteiger partial charge in [0.15, 0.2) is 0 Å². The van der Waals surface area contributed by atoms with Gasteiger partial charge in [0.25, 0.3) is 0 Å². The lowest BCUT2D eigenvalue weighted by molar-refractivity contribution is -0.286. The van der Waals surface area contributed by atoms with Crippen molar-refractivity contribution in [3.8, 4) is 0 Å². The Bertz CT molecular complexity index is 375. The molecule has 0 aromatic rings. The van der Waals surface area contributed by atoms with E-state index in [4.69, 9.17) is 0 Å². The van der Waals surface area contributed by atoms with Gasteiger partial charge in [0.05, 0.1) is 0 Å². The van der Waals surface area contributed by atoms with E-state index in [0.717, 1.165) is 0 Å². The maximum atomic E-state index is 13.2. The van der Waals surface area contributed by atoms with Crippen molar-refractivity contribution in [2.45, 2.75) is 68.4 Å². The zero-order chi connectivity index (χ0) is 18.7. The quantitative estimate of drug-likeness (QED) is 0.236. The molecule has 0 aliphatic carbocycles. The predicted molar refractivity (Wildman–Crippen MR) is 62.9 cm³/mol. The van der Waals surface area contributed by atoms with Crippen LogP contribution in [-0.2, 0) is 0 Å². The molecule has 0 rings (SSSR count). The Balaban J connectivity index is 5.20. The van der Waals surface area contributed by atoms with Crippen LogP contribution in [0.15, 0.2) is 0 Å². The second-order valence-corrected chi connectivity index (χ2v) is 6.37. The van der Waals surface area contributed by atoms with Crippen molar-refractivity contribution in [2.75, 3.05) is 0 Å². The predicted octanol–water partition coefficient (Wildman–Crippen LogP) is 6.65. The maximum Gasteiger partial charge on any atom is 0.457 e. The molecule has 0 aliphatic heterocycles. The Kier molecular flexibility index (Phi) is 7.16. The van der Waals surface area contributed by atoms with Crippen molar-refractivity contribution in [2.24, 2.45) is 0 Å². The summed E-state index contributed by atoms with van der Waals surface area (Å²) in [5, 5.41) is 0. The van der Waals surface area contributed by atoms with Gasteiger partial charge in [-0.2, -0.15) is 48.3 Å². The van der Waals surface area contributed by atoms with Gasteiger partial charge in [-0.25, -0.2) is 0 Å². The van der Waals surface area contributed by atoms with Gasteiger partial charge in [0, 0.05) is 15.0 Å². The lowest BCUT2D eigenvalue weighted by Crippen LogP contribution is -2.53. The summed E-state index contributed by atoms with van der Waals surface area (Å²) in [4.78, 5) is 0. The van der Waals surface area contributed by atoms with Gasteiger partial charge in [-0.3, -0.25) is 0 Å². The molecule has 0 radical (unpaired) electrons. The van der Waals surface area contributed by atoms with Crippen LogP contribution in [0.3, 0.4) is 0 Å². The van der Waals surface area contributed by atoms with Crippen LogP contribution in [-0.4, -0.2) is 29.3 Å². The highest BCUT2D eigenvalue weighted by Gasteiger charge is 2.75. The molecule has 0 fully saturated rings. The third-order valence-electron chi connectivity index (χ3n) is 2.87. The second kappa shape index (κ2) is 7.27. The molecule has 0 saturated carbocycles. The van der Waals surface area contributed by atoms with Crippen LogP contribution < -0.4 is 0 Å². The first-order chi connectivity index (χ1) is 10.0. The van der Waals surface area contributed by atoms with Crippen molar-refractivity contribution in [1.82, 2.24) is 0 Å². The van der Waals surface area contributed by atoms with Crippen molar-refractivity contribution >= 4 is 8.58 Å². The highest BCUT2D eigenvalue weighted by atomic mass is 31.1. The minimum atomic E-state index is -6.54. The summed E-state index contributed by atoms with van der Waals surface area (Å²) in [6, 6.07) is 0. The van der Waals surface area contributed by atoms with Crippen molar-refractivity contribution < 1.29 is 48.3 Å². The van der Waals surface area contributed by atoms with E-state index in [1.807, 2.05) is 0 Å². The van der Waals surface area contributed by atoms with E-state index < -0.39 is 50.8 Å². The third-order valence-corrected chi connectivity index (χ3v) is 4.09. The SMILES string of the molecule is CCCCCCC(F)(F)C(F)(F)C(F)(F)PC(F)(F)C(F)(F)F. The summed E-state index contributed by atoms with van der Waals surface area (Å²) in [6.45, 7) is 1.65. The Morgan fingerprint density at radius 1 is 0.652 bits per heavy atom. The fourth-order valence-corrected chi connectivity index (χ4v) is 2.38. The van der Waals surface area contributed by atoms with Crippen molar-refractivity contribution in [3.05, 3.63) is 0 Å². The van der Waals surface area contributed by atoms with Crippen LogP contribution >= 0.6 is 8.58 Å². The lowest BCUT2D eigenvalue weighted by atomic mass is 10.0. The lowest BCUT2D eigenvalue weighted by Gasteiger charge is -2.34. The summed E-state index contributed by atoms with van der Waals surface area (Å²) < 4.78 is 140. The summed E-state index contributed by atoms with van der Waals surface area (Å²) >= 11 is 0. The molecule has 0 nitrogen and oxygen atoms in total. The molecule has 140 valence electrons. The van der Waals surface area contributed by atoms with E-state index in [1.165, 1.54) is 0 Å². The topological polar surface area (TPSA) is 0 Å². The van der Waals surface area contributed by atoms with Crippen LogP contribution in [0.5, 0.6) is 0 Å². The van der Waals surface area contributed by atoms with E-state index in [1.54, 1.807) is 6.92 Å². The number of hydrogen-bond acceptors (Lipinski definition) is 0. The highest BCUT2D eigenvalue weighted by Crippen LogP contribution is 2.63. The highest BCUT2D eigenvalue weighted by molar-refractivity contribution is 7.41. The Hall–Kier alpha value is -0.340. The molecule has 0 amide bonds. The molecule has 0 N–H and O–H groups in total. The molecular formula is C11H14F11P. The van der Waals surface area contributed by atoms with Gasteiger partial charge >= 0.3 is 29.3 Å². The molecule has 1 unspecified atom stereocenters. The van der Waals surface area contributed by atoms with Gasteiger partial charge in [-0.05, 0) is 6.42 Å². The number of hydrogen-bond donors (Lipinski definition) is 0. The normalized spacial score (nSPS) is 15.7. The van der Waals surface area contributed by atoms with Crippen LogP contribution in [0.4, 0.5) is 48.3 Å². The molecular weight excluding hydrogens is 372 g/mol. The largest absolute Gasteiger partial charge is 0.457 e. The van der Waals surface area contributed by atoms with Crippen LogP contribution in [0.2, 0.25) is 0 Å². The molecule has 0 bridgehead atoms. The number of halogens is 11. The first-order valence-electron chi connectivity index (χ1n) is 6.39. The molecule has 23 heavy (non-hydrogen) atoms. The fourth-order valence-electron chi connectivity index (χ4n) is 1.51. The van der Waals surface area contributed by atoms with Gasteiger partial charge in [-0.1, -0.05) is 26.2 Å². The van der Waals surface area contributed by atoms with Gasteiger partial charge < -0.3 is 0 Å². The van der Waals surface area contributed by atoms with Gasteiger partial charge in [-0.15, -0.1) is 0 Å². The Morgan fingerprint density at radius 2 is 1.13 bits per heavy atom. The number of unbranched alkanes of at least 4 members (excludes halogenated alkanes) is 3. The summed E-state index contributed by atoms with van der Waals surface area (Å²) in [5.41, 5.74) is -12.4. The zero-order valence-corrected chi connectivity index (χ0v) is 12.7. The van der Waals surface area contributed by atoms with Gasteiger partial charge in [0.1, 0.15) is 0 Å². The van der Waals surface area contributed by atoms with E-state index in [0.29, 0.717) is 12.8 Å². The molecule has 0 heterocycles. The molecule has 1 atom stereocenters. The maximum absolute atomic E-state index is 13.2. The molecule has 0 spiro atoms. The number of rotatable bonds is 9. The Morgan fingerprint density at radius 3 is 1.52 bits per heavy atom. The van der Waals surface area contributed by atoms with E-state index >= 15 is 0 Å². The summed E-state index contributed by atoms with van der Waals surface area (Å²) in [7, 11) is -4.05. The van der Waals surface area contributed by atoms with E-state index in [2.05, 4.69) is 0 Å². The fraction of sp³-hybridized carbons (Fsp3) is 1.00. The molecule has 0 saturated heterocycles. The molecule has 0 aromatic heterocycles. The van der Waals surface area contributed by atoms with E-state index in [-0.39, 0.29) is 6.42 Å². The second-order valence-electron chi connectivity index (χ2n) is 4.86. The zero-order valence-electron chi connectivity index (χ0n) is 11.7. The number of alkyl halides is 11. The average Bonchev–Trinajstić information content (AvgIpc) is 2.31. The average molecular weight is 386 g/mol. The van der Waals surface area contributed by atoms with Crippen molar-refractivity contribution in [1.29, 1.82) is 0 Å². The third kappa shape index (κ3) is 5.32. The molecule has 12 heteroatoms. The van der Waals surface area contributed by atoms with Crippen molar-refractivity contribution in [3.63, 3.8) is 0 Å². The monoisotopic (exact) mass is 386 g/mol. The molecule has 0 aromatic carbocycles. The van der Waals surface area contributed by atoms with E-state index in [9.17, 15) is 48.3 Å². The minimum absolute atomic E-state index is 0.00867. The van der Waals surface area contributed by atoms with Gasteiger partial charge in [0.2, 0.25) is 0 Å². The first-order valence-corrected chi connectivity index (χ1v) is 7.39. The summed E-state index contributed by atoms with van der Waals surface area (Å²) in [5.74, 6) is -11.7. The first kappa shape index (κ1) is 22.7. The Labute approximate surface area is 126 Å². The van der Waals surface area contributed by atoms with Crippen LogP contribution in [0.25, 0.3) is 0 Å². The standard InChI is InChI=1S/C11H14F11P/c1-2-3-4-5-6-7(12,13)8(14,15)10(19,20)23-11(21,22)9(16,17)18/h23H,2-6H2,1H3.